The molecule has 0 aliphatic carbocycles. The van der Waals surface area contributed by atoms with Crippen LogP contribution in [0, 0.1) is 0 Å². The Morgan fingerprint density at radius 1 is 0.667 bits per heavy atom. The summed E-state index contributed by atoms with van der Waals surface area (Å²) in [5.74, 6) is 0. The van der Waals surface area contributed by atoms with Crippen molar-refractivity contribution in [2.75, 3.05) is 0 Å². The summed E-state index contributed by atoms with van der Waals surface area (Å²) in [4.78, 5) is 0. The topological polar surface area (TPSA) is 9.23 Å². The van der Waals surface area contributed by atoms with Crippen LogP contribution in [0.2, 0.25) is 0 Å². The van der Waals surface area contributed by atoms with E-state index in [1.807, 2.05) is 0 Å². The molecular weight excluding hydrogens is 185 g/mol. The first-order valence-electron chi connectivity index (χ1n) is 2.04. The van der Waals surface area contributed by atoms with E-state index in [2.05, 4.69) is 4.74 Å². The first-order valence-corrected chi connectivity index (χ1v) is 2.04. The molecule has 1 radical (unpaired) electrons. The Labute approximate surface area is 74.9 Å². The smallest absolute Gasteiger partial charge is 0.346 e. The second-order valence-corrected chi connectivity index (χ2v) is 1.17. The molecule has 0 aromatic carbocycles. The Morgan fingerprint density at radius 3 is 1.08 bits per heavy atom. The third-order valence-corrected chi connectivity index (χ3v) is 0.476. The van der Waals surface area contributed by atoms with Crippen molar-refractivity contribution in [3.8, 4) is 0 Å². The Hall–Kier alpha value is -0.543. The molecule has 0 aliphatic heterocycles. The third-order valence-electron chi connectivity index (χ3n) is 0.476. The van der Waals surface area contributed by atoms with Gasteiger partial charge in [-0.25, -0.2) is 0 Å². The van der Waals surface area contributed by atoms with Gasteiger partial charge in [-0.15, -0.1) is 0 Å². The van der Waals surface area contributed by atoms with Crippen molar-refractivity contribution in [3.63, 3.8) is 0 Å². The molecule has 1 nitrogen and oxygen atoms in total. The maximum absolute atomic E-state index is 11.4. The Balaban J connectivity index is 0. The van der Waals surface area contributed by atoms with E-state index < -0.39 is 24.2 Å². The summed E-state index contributed by atoms with van der Waals surface area (Å²) < 4.78 is 69.6. The molecule has 0 aromatic rings. The van der Waals surface area contributed by atoms with Crippen molar-refractivity contribution in [3.05, 3.63) is 24.2 Å². The summed E-state index contributed by atoms with van der Waals surface area (Å²) in [6.45, 7) is 0. The van der Waals surface area contributed by atoms with Crippen LogP contribution in [0.5, 0.6) is 0 Å². The van der Waals surface area contributed by atoms with Gasteiger partial charge in [-0.3, -0.25) is 0 Å². The van der Waals surface area contributed by atoms with Crippen LogP contribution in [0.4, 0.5) is 26.3 Å². The van der Waals surface area contributed by atoms with E-state index in [9.17, 15) is 26.3 Å². The molecule has 0 rings (SSSR count). The molecule has 8 heteroatoms. The number of ether oxygens (including phenoxy) is 1. The number of hydrogen-bond acceptors (Lipinski definition) is 1. The Bertz CT molecular complexity index is 182. The van der Waals surface area contributed by atoms with Crippen molar-refractivity contribution in [1.82, 2.24) is 0 Å². The molecule has 12 heavy (non-hydrogen) atoms. The molecule has 0 spiro atoms. The molecule has 0 bridgehead atoms. The third kappa shape index (κ3) is 5.15. The Kier molecular flexibility index (Phi) is 7.04. The van der Waals surface area contributed by atoms with Gasteiger partial charge in [0.2, 0.25) is 0 Å². The van der Waals surface area contributed by atoms with E-state index in [4.69, 9.17) is 0 Å². The summed E-state index contributed by atoms with van der Waals surface area (Å²) in [5, 5.41) is 0. The van der Waals surface area contributed by atoms with Gasteiger partial charge >= 0.3 is 24.2 Å². The van der Waals surface area contributed by atoms with Gasteiger partial charge in [0, 0.05) is 18.9 Å². The molecule has 0 fully saturated rings. The van der Waals surface area contributed by atoms with Crippen molar-refractivity contribution < 1.29 is 31.1 Å². The fourth-order valence-corrected chi connectivity index (χ4v) is 0.156. The number of rotatable bonds is 2. The van der Waals surface area contributed by atoms with Crippen LogP contribution in [0.25, 0.3) is 0 Å². The predicted molar refractivity (Wildman–Crippen MR) is 27.5 cm³/mol. The zero-order chi connectivity index (χ0) is 9.02. The van der Waals surface area contributed by atoms with Crippen LogP contribution in [0.15, 0.2) is 24.2 Å². The molecule has 0 unspecified atom stereocenters. The monoisotopic (exact) mass is 185 g/mol. The standard InChI is InChI=1S/C4F6O.Li/c5-1(6)3(9)11-4(10)2(7)8;. The summed E-state index contributed by atoms with van der Waals surface area (Å²) in [6.07, 6.45) is -6.03. The van der Waals surface area contributed by atoms with Crippen LogP contribution in [0.3, 0.4) is 0 Å². The molecule has 0 N–H and O–H groups in total. The predicted octanol–water partition coefficient (Wildman–Crippen LogP) is 2.69. The van der Waals surface area contributed by atoms with Gasteiger partial charge in [0.05, 0.1) is 0 Å². The summed E-state index contributed by atoms with van der Waals surface area (Å²) >= 11 is 0. The second-order valence-electron chi connectivity index (χ2n) is 1.17. The largest absolute Gasteiger partial charge is 0.396 e. The first kappa shape index (κ1) is 14.0. The van der Waals surface area contributed by atoms with Crippen LogP contribution >= 0.6 is 0 Å². The van der Waals surface area contributed by atoms with Crippen molar-refractivity contribution >= 4 is 18.9 Å². The maximum atomic E-state index is 11.4. The molecule has 65 valence electrons. The molecular formula is C4F6LiO. The van der Waals surface area contributed by atoms with E-state index in [0.717, 1.165) is 0 Å². The molecule has 0 amide bonds. The van der Waals surface area contributed by atoms with Gasteiger partial charge in [-0.2, -0.15) is 26.3 Å². The van der Waals surface area contributed by atoms with Crippen molar-refractivity contribution in [2.45, 2.75) is 0 Å². The summed E-state index contributed by atoms with van der Waals surface area (Å²) in [6, 6.07) is -5.37. The minimum Gasteiger partial charge on any atom is -0.396 e. The van der Waals surface area contributed by atoms with Gasteiger partial charge < -0.3 is 4.74 Å². The average Bonchev–Trinajstić information content (AvgIpc) is 1.87. The normalized spacial score (nSPS) is 8.17. The van der Waals surface area contributed by atoms with Crippen molar-refractivity contribution in [1.29, 1.82) is 0 Å². The molecule has 0 atom stereocenters. The van der Waals surface area contributed by atoms with Crippen molar-refractivity contribution in [2.24, 2.45) is 0 Å². The Morgan fingerprint density at radius 2 is 0.917 bits per heavy atom. The zero-order valence-corrected chi connectivity index (χ0v) is 5.68. The van der Waals surface area contributed by atoms with Gasteiger partial charge in [0.25, 0.3) is 0 Å². The van der Waals surface area contributed by atoms with Crippen LogP contribution in [-0.4, -0.2) is 18.9 Å². The molecule has 0 saturated carbocycles. The minimum atomic E-state index is -3.01. The first-order chi connectivity index (χ1) is 4.95. The number of hydrogen-bond donors (Lipinski definition) is 0. The quantitative estimate of drug-likeness (QED) is 0.365. The van der Waals surface area contributed by atoms with Gasteiger partial charge in [-0.1, -0.05) is 0 Å². The average molecular weight is 185 g/mol. The molecule has 0 aliphatic rings. The zero-order valence-electron chi connectivity index (χ0n) is 5.68. The van der Waals surface area contributed by atoms with Crippen LogP contribution in [0.1, 0.15) is 0 Å². The summed E-state index contributed by atoms with van der Waals surface area (Å²) in [5.41, 5.74) is 0. The van der Waals surface area contributed by atoms with Gasteiger partial charge in [0.1, 0.15) is 0 Å². The van der Waals surface area contributed by atoms with E-state index in [1.165, 1.54) is 0 Å². The van der Waals surface area contributed by atoms with Crippen LogP contribution < -0.4 is 0 Å². The fourth-order valence-electron chi connectivity index (χ4n) is 0.156. The number of halogens is 6. The van der Waals surface area contributed by atoms with E-state index in [1.54, 1.807) is 0 Å². The van der Waals surface area contributed by atoms with E-state index in [-0.39, 0.29) is 18.9 Å². The van der Waals surface area contributed by atoms with Crippen LogP contribution in [-0.2, 0) is 4.74 Å². The molecule has 0 aromatic heterocycles. The SMILES string of the molecule is FC(F)=C(F)OC(F)=C(F)F.[Li]. The van der Waals surface area contributed by atoms with E-state index in [0.29, 0.717) is 0 Å². The van der Waals surface area contributed by atoms with E-state index >= 15 is 0 Å². The maximum Gasteiger partial charge on any atom is 0.346 e. The minimum absolute atomic E-state index is 0. The second kappa shape index (κ2) is 6.03. The van der Waals surface area contributed by atoms with Gasteiger partial charge in [0.15, 0.2) is 0 Å². The molecule has 0 heterocycles. The fraction of sp³-hybridized carbons (Fsp3) is 0. The summed E-state index contributed by atoms with van der Waals surface area (Å²) in [7, 11) is 0. The van der Waals surface area contributed by atoms with Gasteiger partial charge in [-0.05, 0) is 0 Å². The molecule has 0 saturated heterocycles.